The third-order valence-corrected chi connectivity index (χ3v) is 3.34. The van der Waals surface area contributed by atoms with Crippen molar-refractivity contribution in [1.82, 2.24) is 0 Å². The zero-order chi connectivity index (χ0) is 11.1. The van der Waals surface area contributed by atoms with E-state index in [9.17, 15) is 0 Å². The van der Waals surface area contributed by atoms with E-state index in [0.717, 1.165) is 0 Å². The summed E-state index contributed by atoms with van der Waals surface area (Å²) in [7, 11) is 0. The van der Waals surface area contributed by atoms with Gasteiger partial charge in [0.1, 0.15) is 0 Å². The van der Waals surface area contributed by atoms with Crippen LogP contribution in [0.15, 0.2) is 41.3 Å². The fraction of sp³-hybridized carbons (Fsp3) is 0.429. The molecule has 0 nitrogen and oxygen atoms in total. The van der Waals surface area contributed by atoms with Crippen LogP contribution < -0.4 is 0 Å². The monoisotopic (exact) mass is 220 g/mol. The lowest BCUT2D eigenvalue weighted by molar-refractivity contribution is 0.796. The van der Waals surface area contributed by atoms with Crippen molar-refractivity contribution in [3.8, 4) is 0 Å². The predicted molar refractivity (Wildman–Crippen MR) is 70.6 cm³/mol. The first kappa shape index (κ1) is 12.4. The first-order valence-electron chi connectivity index (χ1n) is 5.52. The maximum absolute atomic E-state index is 3.92. The van der Waals surface area contributed by atoms with E-state index >= 15 is 0 Å². The fourth-order valence-electron chi connectivity index (χ4n) is 1.42. The first-order chi connectivity index (χ1) is 7.18. The summed E-state index contributed by atoms with van der Waals surface area (Å²) in [6, 6.07) is 8.72. The lowest BCUT2D eigenvalue weighted by Crippen LogP contribution is -1.82. The van der Waals surface area contributed by atoms with Gasteiger partial charge in [-0.05, 0) is 51.0 Å². The molecule has 0 fully saturated rings. The van der Waals surface area contributed by atoms with Gasteiger partial charge < -0.3 is 0 Å². The summed E-state index contributed by atoms with van der Waals surface area (Å²) in [5, 5.41) is 0. The molecule has 1 aromatic carbocycles. The quantitative estimate of drug-likeness (QED) is 0.376. The van der Waals surface area contributed by atoms with E-state index in [0.29, 0.717) is 0 Å². The van der Waals surface area contributed by atoms with Crippen molar-refractivity contribution in [2.24, 2.45) is 0 Å². The van der Waals surface area contributed by atoms with Crippen LogP contribution in [0.5, 0.6) is 0 Å². The Kier molecular flexibility index (Phi) is 5.56. The Hall–Kier alpha value is -0.690. The van der Waals surface area contributed by atoms with E-state index in [-0.39, 0.29) is 0 Å². The zero-order valence-corrected chi connectivity index (χ0v) is 10.6. The first-order valence-corrected chi connectivity index (χ1v) is 6.51. The normalized spacial score (nSPS) is 10.3. The second-order valence-electron chi connectivity index (χ2n) is 4.08. The molecule has 82 valence electrons. The standard InChI is InChI=1S/C14H20S/c1-12(2)7-4-5-10-15-14-9-6-8-13(3)11-14/h6,8-9,11H,1,4-5,7,10H2,2-3H3. The number of aryl methyl sites for hydroxylation is 1. The lowest BCUT2D eigenvalue weighted by atomic mass is 10.2. The number of benzene rings is 1. The Labute approximate surface area is 97.8 Å². The summed E-state index contributed by atoms with van der Waals surface area (Å²) in [4.78, 5) is 1.39. The van der Waals surface area contributed by atoms with Crippen LogP contribution >= 0.6 is 11.8 Å². The Balaban J connectivity index is 2.17. The molecule has 0 spiro atoms. The summed E-state index contributed by atoms with van der Waals surface area (Å²) in [5.41, 5.74) is 2.65. The minimum atomic E-state index is 1.17. The molecular formula is C14H20S. The van der Waals surface area contributed by atoms with Gasteiger partial charge in [-0.2, -0.15) is 0 Å². The van der Waals surface area contributed by atoms with Gasteiger partial charge in [0.05, 0.1) is 0 Å². The molecule has 0 aliphatic heterocycles. The Morgan fingerprint density at radius 2 is 2.13 bits per heavy atom. The third-order valence-electron chi connectivity index (χ3n) is 2.26. The second kappa shape index (κ2) is 6.73. The molecule has 0 heterocycles. The van der Waals surface area contributed by atoms with Crippen molar-refractivity contribution in [3.63, 3.8) is 0 Å². The summed E-state index contributed by atoms with van der Waals surface area (Å²) in [5.74, 6) is 1.22. The highest BCUT2D eigenvalue weighted by Gasteiger charge is 1.94. The summed E-state index contributed by atoms with van der Waals surface area (Å²) >= 11 is 1.96. The van der Waals surface area contributed by atoms with Crippen LogP contribution in [-0.4, -0.2) is 5.75 Å². The van der Waals surface area contributed by atoms with E-state index in [1.54, 1.807) is 0 Å². The molecule has 0 unspecified atom stereocenters. The summed E-state index contributed by atoms with van der Waals surface area (Å²) < 4.78 is 0. The van der Waals surface area contributed by atoms with E-state index in [4.69, 9.17) is 0 Å². The number of unbranched alkanes of at least 4 members (excludes halogenated alkanes) is 1. The molecule has 15 heavy (non-hydrogen) atoms. The fourth-order valence-corrected chi connectivity index (χ4v) is 2.45. The minimum absolute atomic E-state index is 1.17. The average Bonchev–Trinajstić information content (AvgIpc) is 2.17. The number of hydrogen-bond donors (Lipinski definition) is 0. The number of rotatable bonds is 6. The SMILES string of the molecule is C=C(C)CCCCSc1cccc(C)c1. The lowest BCUT2D eigenvalue weighted by Gasteiger charge is -2.02. The molecule has 1 heteroatoms. The molecule has 0 amide bonds. The van der Waals surface area contributed by atoms with Gasteiger partial charge in [-0.3, -0.25) is 0 Å². The van der Waals surface area contributed by atoms with Gasteiger partial charge in [0.2, 0.25) is 0 Å². The third kappa shape index (κ3) is 5.68. The molecule has 0 aromatic heterocycles. The largest absolute Gasteiger partial charge is 0.126 e. The molecule has 1 aromatic rings. The van der Waals surface area contributed by atoms with Gasteiger partial charge in [0, 0.05) is 4.90 Å². The highest BCUT2D eigenvalue weighted by Crippen LogP contribution is 2.20. The molecule has 0 radical (unpaired) electrons. The molecule has 0 N–H and O–H groups in total. The highest BCUT2D eigenvalue weighted by molar-refractivity contribution is 7.99. The van der Waals surface area contributed by atoms with Crippen molar-refractivity contribution in [2.45, 2.75) is 38.0 Å². The van der Waals surface area contributed by atoms with Crippen molar-refractivity contribution in [3.05, 3.63) is 42.0 Å². The van der Waals surface area contributed by atoms with E-state index in [2.05, 4.69) is 44.7 Å². The topological polar surface area (TPSA) is 0 Å². The van der Waals surface area contributed by atoms with Crippen LogP contribution in [0.1, 0.15) is 31.7 Å². The van der Waals surface area contributed by atoms with Gasteiger partial charge in [0.15, 0.2) is 0 Å². The van der Waals surface area contributed by atoms with Gasteiger partial charge in [0.25, 0.3) is 0 Å². The molecule has 0 saturated heterocycles. The molecular weight excluding hydrogens is 200 g/mol. The van der Waals surface area contributed by atoms with Crippen LogP contribution in [0, 0.1) is 6.92 Å². The van der Waals surface area contributed by atoms with Crippen LogP contribution in [0.2, 0.25) is 0 Å². The molecule has 0 aliphatic rings. The van der Waals surface area contributed by atoms with E-state index < -0.39 is 0 Å². The van der Waals surface area contributed by atoms with Crippen LogP contribution in [0.3, 0.4) is 0 Å². The number of thioether (sulfide) groups is 1. The van der Waals surface area contributed by atoms with Crippen molar-refractivity contribution < 1.29 is 0 Å². The van der Waals surface area contributed by atoms with Crippen LogP contribution in [-0.2, 0) is 0 Å². The molecule has 0 bridgehead atoms. The maximum atomic E-state index is 3.92. The molecule has 0 atom stereocenters. The van der Waals surface area contributed by atoms with Crippen LogP contribution in [0.25, 0.3) is 0 Å². The van der Waals surface area contributed by atoms with Gasteiger partial charge in [-0.15, -0.1) is 18.3 Å². The predicted octanol–water partition coefficient (Wildman–Crippen LogP) is 4.83. The zero-order valence-electron chi connectivity index (χ0n) is 9.75. The Morgan fingerprint density at radius 3 is 2.80 bits per heavy atom. The van der Waals surface area contributed by atoms with Gasteiger partial charge in [-0.25, -0.2) is 0 Å². The van der Waals surface area contributed by atoms with E-state index in [1.807, 2.05) is 11.8 Å². The summed E-state index contributed by atoms with van der Waals surface area (Å²) in [6.45, 7) is 8.16. The highest BCUT2D eigenvalue weighted by atomic mass is 32.2. The minimum Gasteiger partial charge on any atom is -0.126 e. The smallest absolute Gasteiger partial charge is 0.00745 e. The van der Waals surface area contributed by atoms with E-state index in [1.165, 1.54) is 41.0 Å². The Morgan fingerprint density at radius 1 is 1.33 bits per heavy atom. The van der Waals surface area contributed by atoms with Crippen molar-refractivity contribution >= 4 is 11.8 Å². The number of allylic oxidation sites excluding steroid dienone is 1. The van der Waals surface area contributed by atoms with Gasteiger partial charge in [-0.1, -0.05) is 23.3 Å². The molecule has 0 aliphatic carbocycles. The maximum Gasteiger partial charge on any atom is 0.00745 e. The Bertz CT molecular complexity index is 315. The number of hydrogen-bond acceptors (Lipinski definition) is 1. The summed E-state index contributed by atoms with van der Waals surface area (Å²) in [6.07, 6.45) is 3.73. The van der Waals surface area contributed by atoms with Gasteiger partial charge >= 0.3 is 0 Å². The average molecular weight is 220 g/mol. The second-order valence-corrected chi connectivity index (χ2v) is 5.25. The van der Waals surface area contributed by atoms with Crippen molar-refractivity contribution in [2.75, 3.05) is 5.75 Å². The van der Waals surface area contributed by atoms with Crippen LogP contribution in [0.4, 0.5) is 0 Å². The molecule has 0 saturated carbocycles. The van der Waals surface area contributed by atoms with Crippen molar-refractivity contribution in [1.29, 1.82) is 0 Å². The molecule has 1 rings (SSSR count).